The SMILES string of the molecule is O=C(CN1CC2CC(C1)N2CC(=O)NC1(C(F)(F)F)CC1)Nc1cc(F)cc(OC(F)F)c1. The molecule has 1 aromatic rings. The van der Waals surface area contributed by atoms with Gasteiger partial charge in [0, 0.05) is 43.0 Å². The number of hydrogen-bond acceptors (Lipinski definition) is 5. The molecule has 1 aliphatic carbocycles. The van der Waals surface area contributed by atoms with Gasteiger partial charge in [0.1, 0.15) is 17.1 Å². The van der Waals surface area contributed by atoms with Crippen molar-refractivity contribution in [2.45, 2.75) is 49.7 Å². The number of hydrogen-bond donors (Lipinski definition) is 2. The van der Waals surface area contributed by atoms with Gasteiger partial charge >= 0.3 is 12.8 Å². The molecule has 2 unspecified atom stereocenters. The van der Waals surface area contributed by atoms with Crippen molar-refractivity contribution in [2.24, 2.45) is 0 Å². The van der Waals surface area contributed by atoms with Gasteiger partial charge < -0.3 is 15.4 Å². The Morgan fingerprint density at radius 3 is 2.33 bits per heavy atom. The lowest BCUT2D eigenvalue weighted by Crippen LogP contribution is -2.70. The van der Waals surface area contributed by atoms with Crippen LogP contribution in [0.2, 0.25) is 0 Å². The van der Waals surface area contributed by atoms with Crippen LogP contribution in [0.4, 0.5) is 32.0 Å². The first-order chi connectivity index (χ1) is 15.4. The number of piperidine rings is 1. The lowest BCUT2D eigenvalue weighted by molar-refractivity contribution is -0.172. The quantitative estimate of drug-likeness (QED) is 0.559. The van der Waals surface area contributed by atoms with Crippen molar-refractivity contribution < 1.29 is 40.7 Å². The Kier molecular flexibility index (Phi) is 6.20. The maximum atomic E-state index is 13.6. The number of fused-ring (bicyclic) bond motifs is 2. The number of carbonyl (C=O) groups is 2. The minimum absolute atomic E-state index is 0.0326. The number of carbonyl (C=O) groups excluding carboxylic acids is 2. The summed E-state index contributed by atoms with van der Waals surface area (Å²) in [4.78, 5) is 28.1. The van der Waals surface area contributed by atoms with Crippen molar-refractivity contribution in [3.8, 4) is 5.75 Å². The average molecular weight is 480 g/mol. The van der Waals surface area contributed by atoms with Gasteiger partial charge in [0.05, 0.1) is 13.1 Å². The highest BCUT2D eigenvalue weighted by Gasteiger charge is 2.64. The highest BCUT2D eigenvalue weighted by atomic mass is 19.4. The van der Waals surface area contributed by atoms with Crippen LogP contribution in [0.25, 0.3) is 0 Å². The lowest BCUT2D eigenvalue weighted by atomic mass is 9.87. The first-order valence-electron chi connectivity index (χ1n) is 10.4. The standard InChI is InChI=1S/C20H22F6N4O3/c21-11-3-12(5-15(4-11)33-18(22)23)27-16(31)9-29-7-13-6-14(8-29)30(13)10-17(32)28-19(1-2-19)20(24,25)26/h3-5,13-14,18H,1-2,6-10H2,(H,27,31)(H,28,32). The zero-order valence-corrected chi connectivity index (χ0v) is 17.3. The molecule has 3 aliphatic heterocycles. The molecule has 0 radical (unpaired) electrons. The van der Waals surface area contributed by atoms with E-state index >= 15 is 0 Å². The van der Waals surface area contributed by atoms with Crippen LogP contribution in [-0.4, -0.2) is 78.2 Å². The van der Waals surface area contributed by atoms with Crippen molar-refractivity contribution in [1.82, 2.24) is 15.1 Å². The van der Waals surface area contributed by atoms with Crippen molar-refractivity contribution in [3.05, 3.63) is 24.0 Å². The van der Waals surface area contributed by atoms with Crippen LogP contribution in [0.1, 0.15) is 19.3 Å². The topological polar surface area (TPSA) is 73.9 Å². The van der Waals surface area contributed by atoms with Crippen molar-refractivity contribution in [2.75, 3.05) is 31.5 Å². The van der Waals surface area contributed by atoms with E-state index in [1.807, 2.05) is 9.80 Å². The van der Waals surface area contributed by atoms with Gasteiger partial charge in [-0.1, -0.05) is 0 Å². The van der Waals surface area contributed by atoms with Gasteiger partial charge in [-0.25, -0.2) is 4.39 Å². The largest absolute Gasteiger partial charge is 0.435 e. The van der Waals surface area contributed by atoms with Crippen LogP contribution in [0.3, 0.4) is 0 Å². The third-order valence-electron chi connectivity index (χ3n) is 6.17. The van der Waals surface area contributed by atoms with Crippen molar-refractivity contribution >= 4 is 17.5 Å². The van der Waals surface area contributed by atoms with Gasteiger partial charge in [-0.05, 0) is 25.3 Å². The Morgan fingerprint density at radius 1 is 1.09 bits per heavy atom. The van der Waals surface area contributed by atoms with E-state index in [0.29, 0.717) is 13.1 Å². The molecule has 4 aliphatic rings. The summed E-state index contributed by atoms with van der Waals surface area (Å²) in [6.45, 7) is -2.45. The molecule has 3 heterocycles. The monoisotopic (exact) mass is 480 g/mol. The molecular formula is C20H22F6N4O3. The summed E-state index contributed by atoms with van der Waals surface area (Å²) < 4.78 is 81.4. The van der Waals surface area contributed by atoms with Crippen LogP contribution in [0.5, 0.6) is 5.75 Å². The second-order valence-electron chi connectivity index (χ2n) is 8.64. The normalized spacial score (nSPS) is 24.2. The fraction of sp³-hybridized carbons (Fsp3) is 0.600. The van der Waals surface area contributed by atoms with Crippen molar-refractivity contribution in [3.63, 3.8) is 0 Å². The molecule has 1 saturated carbocycles. The fourth-order valence-electron chi connectivity index (χ4n) is 4.45. The van der Waals surface area contributed by atoms with E-state index in [0.717, 1.165) is 24.6 Å². The number of nitrogens with zero attached hydrogens (tertiary/aromatic N) is 2. The number of anilines is 1. The smallest absolute Gasteiger partial charge is 0.411 e. The minimum atomic E-state index is -4.47. The Balaban J connectivity index is 1.25. The van der Waals surface area contributed by atoms with E-state index in [1.54, 1.807) is 0 Å². The maximum Gasteiger partial charge on any atom is 0.411 e. The Bertz CT molecular complexity index is 912. The third-order valence-corrected chi connectivity index (χ3v) is 6.17. The number of nitrogens with one attached hydrogen (secondary N) is 2. The zero-order chi connectivity index (χ0) is 24.0. The molecule has 33 heavy (non-hydrogen) atoms. The van der Waals surface area contributed by atoms with Gasteiger partial charge in [-0.3, -0.25) is 19.4 Å². The van der Waals surface area contributed by atoms with E-state index in [2.05, 4.69) is 15.4 Å². The predicted octanol–water partition coefficient (Wildman–Crippen LogP) is 2.34. The van der Waals surface area contributed by atoms with E-state index in [4.69, 9.17) is 0 Å². The molecule has 3 saturated heterocycles. The highest BCUT2D eigenvalue weighted by molar-refractivity contribution is 5.92. The summed E-state index contributed by atoms with van der Waals surface area (Å²) in [6, 6.07) is 2.68. The van der Waals surface area contributed by atoms with Crippen LogP contribution in [-0.2, 0) is 9.59 Å². The van der Waals surface area contributed by atoms with E-state index in [9.17, 15) is 35.9 Å². The number of alkyl halides is 5. The Morgan fingerprint density at radius 2 is 1.76 bits per heavy atom. The average Bonchev–Trinajstić information content (AvgIpc) is 3.45. The second-order valence-corrected chi connectivity index (χ2v) is 8.64. The Labute approximate surface area is 185 Å². The van der Waals surface area contributed by atoms with Crippen LogP contribution < -0.4 is 15.4 Å². The predicted molar refractivity (Wildman–Crippen MR) is 103 cm³/mol. The molecule has 2 amide bonds. The van der Waals surface area contributed by atoms with Gasteiger partial charge in [-0.2, -0.15) is 22.0 Å². The molecule has 2 N–H and O–H groups in total. The second kappa shape index (κ2) is 8.67. The van der Waals surface area contributed by atoms with Crippen LogP contribution in [0, 0.1) is 5.82 Å². The number of amides is 2. The van der Waals surface area contributed by atoms with E-state index < -0.39 is 41.7 Å². The number of rotatable bonds is 8. The van der Waals surface area contributed by atoms with Crippen LogP contribution >= 0.6 is 0 Å². The number of benzene rings is 1. The molecule has 5 rings (SSSR count). The summed E-state index contributed by atoms with van der Waals surface area (Å²) in [5.74, 6) is -2.43. The summed E-state index contributed by atoms with van der Waals surface area (Å²) in [5.41, 5.74) is -2.12. The zero-order valence-electron chi connectivity index (χ0n) is 17.3. The van der Waals surface area contributed by atoms with E-state index in [1.165, 1.54) is 0 Å². The summed E-state index contributed by atoms with van der Waals surface area (Å²) in [5, 5.41) is 4.55. The minimum Gasteiger partial charge on any atom is -0.435 e. The van der Waals surface area contributed by atoms with Gasteiger partial charge in [0.15, 0.2) is 0 Å². The molecule has 4 fully saturated rings. The molecule has 13 heteroatoms. The fourth-order valence-corrected chi connectivity index (χ4v) is 4.45. The molecule has 0 spiro atoms. The van der Waals surface area contributed by atoms with Crippen LogP contribution in [0.15, 0.2) is 18.2 Å². The molecular weight excluding hydrogens is 458 g/mol. The number of ether oxygens (including phenoxy) is 1. The molecule has 7 nitrogen and oxygen atoms in total. The molecule has 1 aromatic carbocycles. The third kappa shape index (κ3) is 5.35. The molecule has 2 bridgehead atoms. The molecule has 0 aromatic heterocycles. The van der Waals surface area contributed by atoms with Crippen molar-refractivity contribution in [1.29, 1.82) is 0 Å². The maximum absolute atomic E-state index is 13.6. The lowest BCUT2D eigenvalue weighted by Gasteiger charge is -2.56. The number of piperazine rings is 1. The summed E-state index contributed by atoms with van der Waals surface area (Å²) in [6.07, 6.45) is -3.92. The number of halogens is 6. The summed E-state index contributed by atoms with van der Waals surface area (Å²) in [7, 11) is 0. The van der Waals surface area contributed by atoms with Gasteiger partial charge in [0.25, 0.3) is 0 Å². The van der Waals surface area contributed by atoms with E-state index in [-0.39, 0.29) is 43.7 Å². The first-order valence-corrected chi connectivity index (χ1v) is 10.4. The molecule has 2 atom stereocenters. The van der Waals surface area contributed by atoms with Gasteiger partial charge in [-0.15, -0.1) is 0 Å². The summed E-state index contributed by atoms with van der Waals surface area (Å²) >= 11 is 0. The van der Waals surface area contributed by atoms with Gasteiger partial charge in [0.2, 0.25) is 11.8 Å². The highest BCUT2D eigenvalue weighted by Crippen LogP contribution is 2.49. The Hall–Kier alpha value is -2.54. The molecule has 182 valence electrons. The first kappa shape index (κ1) is 23.6.